The zero-order valence-electron chi connectivity index (χ0n) is 8.05. The van der Waals surface area contributed by atoms with E-state index in [2.05, 4.69) is 4.98 Å². The first-order chi connectivity index (χ1) is 7.59. The van der Waals surface area contributed by atoms with Gasteiger partial charge < -0.3 is 5.73 Å². The highest BCUT2D eigenvalue weighted by Gasteiger charge is 2.11. The molecule has 0 bridgehead atoms. The highest BCUT2D eigenvalue weighted by molar-refractivity contribution is 6.43. The smallest absolute Gasteiger partial charge is 0.142 e. The molecule has 0 fully saturated rings. The van der Waals surface area contributed by atoms with Crippen molar-refractivity contribution in [1.29, 1.82) is 0 Å². The molecule has 0 atom stereocenters. The van der Waals surface area contributed by atoms with Crippen LogP contribution in [0.25, 0.3) is 11.1 Å². The lowest BCUT2D eigenvalue weighted by molar-refractivity contribution is 0.622. The van der Waals surface area contributed by atoms with Gasteiger partial charge in [-0.3, -0.25) is 0 Å². The maximum atomic E-state index is 13.1. The van der Waals surface area contributed by atoms with Crippen LogP contribution in [-0.2, 0) is 0 Å². The fraction of sp³-hybridized carbons (Fsp3) is 0. The number of nitrogens with two attached hydrogens (primary N) is 1. The maximum absolute atomic E-state index is 13.1. The van der Waals surface area contributed by atoms with E-state index in [4.69, 9.17) is 28.9 Å². The number of nitrogen functional groups attached to an aromatic ring is 1. The Bertz CT molecular complexity index is 544. The van der Waals surface area contributed by atoms with E-state index in [1.807, 2.05) is 0 Å². The van der Waals surface area contributed by atoms with Crippen molar-refractivity contribution in [3.8, 4) is 11.1 Å². The molecule has 0 aliphatic carbocycles. The Balaban J connectivity index is 2.67. The summed E-state index contributed by atoms with van der Waals surface area (Å²) in [6, 6.07) is 6.35. The Morgan fingerprint density at radius 2 is 1.94 bits per heavy atom. The SMILES string of the molecule is Nc1ncc(F)cc1-c1cccc(Cl)c1Cl. The maximum Gasteiger partial charge on any atom is 0.142 e. The Morgan fingerprint density at radius 1 is 1.19 bits per heavy atom. The van der Waals surface area contributed by atoms with Gasteiger partial charge in [-0.1, -0.05) is 35.3 Å². The zero-order chi connectivity index (χ0) is 11.7. The van der Waals surface area contributed by atoms with Crippen LogP contribution in [0.1, 0.15) is 0 Å². The molecular formula is C11H7Cl2FN2. The number of benzene rings is 1. The number of hydrogen-bond acceptors (Lipinski definition) is 2. The van der Waals surface area contributed by atoms with Gasteiger partial charge in [-0.05, 0) is 12.1 Å². The third-order valence-corrected chi connectivity index (χ3v) is 2.95. The van der Waals surface area contributed by atoms with Gasteiger partial charge in [-0.15, -0.1) is 0 Å². The molecule has 2 aromatic rings. The lowest BCUT2D eigenvalue weighted by Crippen LogP contribution is -1.95. The predicted molar refractivity (Wildman–Crippen MR) is 64.1 cm³/mol. The molecular weight excluding hydrogens is 250 g/mol. The van der Waals surface area contributed by atoms with E-state index in [1.54, 1.807) is 18.2 Å². The van der Waals surface area contributed by atoms with Crippen LogP contribution in [0.4, 0.5) is 10.2 Å². The van der Waals surface area contributed by atoms with Crippen LogP contribution in [-0.4, -0.2) is 4.98 Å². The zero-order valence-corrected chi connectivity index (χ0v) is 9.56. The van der Waals surface area contributed by atoms with Crippen molar-refractivity contribution in [3.05, 3.63) is 46.3 Å². The Labute approximate surface area is 102 Å². The van der Waals surface area contributed by atoms with Crippen molar-refractivity contribution in [2.75, 3.05) is 5.73 Å². The minimum atomic E-state index is -0.472. The number of hydrogen-bond donors (Lipinski definition) is 1. The van der Waals surface area contributed by atoms with Crippen LogP contribution in [0.2, 0.25) is 10.0 Å². The molecule has 0 amide bonds. The van der Waals surface area contributed by atoms with Crippen LogP contribution in [0, 0.1) is 5.82 Å². The molecule has 0 saturated heterocycles. The minimum absolute atomic E-state index is 0.213. The van der Waals surface area contributed by atoms with Crippen LogP contribution >= 0.6 is 23.2 Å². The predicted octanol–water partition coefficient (Wildman–Crippen LogP) is 3.78. The van der Waals surface area contributed by atoms with E-state index in [0.717, 1.165) is 6.20 Å². The summed E-state index contributed by atoms with van der Waals surface area (Å²) < 4.78 is 13.1. The Kier molecular flexibility index (Phi) is 2.99. The van der Waals surface area contributed by atoms with Gasteiger partial charge >= 0.3 is 0 Å². The molecule has 0 aliphatic rings. The molecule has 5 heteroatoms. The molecule has 82 valence electrons. The normalized spacial score (nSPS) is 10.4. The summed E-state index contributed by atoms with van der Waals surface area (Å²) in [5.41, 5.74) is 6.67. The lowest BCUT2D eigenvalue weighted by atomic mass is 10.1. The third kappa shape index (κ3) is 1.96. The Hall–Kier alpha value is -1.32. The van der Waals surface area contributed by atoms with Gasteiger partial charge in [-0.25, -0.2) is 9.37 Å². The summed E-state index contributed by atoms with van der Waals surface area (Å²) in [6.45, 7) is 0. The third-order valence-electron chi connectivity index (χ3n) is 2.13. The van der Waals surface area contributed by atoms with Gasteiger partial charge in [0.1, 0.15) is 11.6 Å². The monoisotopic (exact) mass is 256 g/mol. The average Bonchev–Trinajstić information content (AvgIpc) is 2.26. The molecule has 1 aromatic carbocycles. The molecule has 0 unspecified atom stereocenters. The van der Waals surface area contributed by atoms with E-state index in [9.17, 15) is 4.39 Å². The van der Waals surface area contributed by atoms with E-state index in [1.165, 1.54) is 6.07 Å². The largest absolute Gasteiger partial charge is 0.383 e. The molecule has 1 heterocycles. The standard InChI is InChI=1S/C11H7Cl2FN2/c12-9-3-1-2-7(10(9)13)8-4-6(14)5-16-11(8)15/h1-5H,(H2,15,16). The second-order valence-electron chi connectivity index (χ2n) is 3.19. The first-order valence-electron chi connectivity index (χ1n) is 4.45. The summed E-state index contributed by atoms with van der Waals surface area (Å²) >= 11 is 11.9. The van der Waals surface area contributed by atoms with Gasteiger partial charge in [0, 0.05) is 11.1 Å². The van der Waals surface area contributed by atoms with Crippen molar-refractivity contribution < 1.29 is 4.39 Å². The molecule has 0 saturated carbocycles. The number of aromatic nitrogens is 1. The molecule has 0 aliphatic heterocycles. The van der Waals surface area contributed by atoms with Gasteiger partial charge in [0.25, 0.3) is 0 Å². The number of halogens is 3. The summed E-state index contributed by atoms with van der Waals surface area (Å²) in [4.78, 5) is 3.73. The summed E-state index contributed by atoms with van der Waals surface area (Å²) in [6.07, 6.45) is 1.05. The van der Waals surface area contributed by atoms with Crippen molar-refractivity contribution in [1.82, 2.24) is 4.98 Å². The molecule has 1 aromatic heterocycles. The van der Waals surface area contributed by atoms with Gasteiger partial charge in [0.05, 0.1) is 16.2 Å². The summed E-state index contributed by atoms with van der Waals surface area (Å²) in [5, 5.41) is 0.728. The van der Waals surface area contributed by atoms with Gasteiger partial charge in [0.2, 0.25) is 0 Å². The summed E-state index contributed by atoms with van der Waals surface area (Å²) in [7, 11) is 0. The molecule has 2 rings (SSSR count). The average molecular weight is 257 g/mol. The van der Waals surface area contributed by atoms with E-state index in [-0.39, 0.29) is 5.82 Å². The number of pyridine rings is 1. The van der Waals surface area contributed by atoms with Crippen molar-refractivity contribution in [2.45, 2.75) is 0 Å². The van der Waals surface area contributed by atoms with Crippen LogP contribution in [0.5, 0.6) is 0 Å². The first kappa shape index (κ1) is 11.2. The highest BCUT2D eigenvalue weighted by Crippen LogP contribution is 2.35. The molecule has 2 nitrogen and oxygen atoms in total. The van der Waals surface area contributed by atoms with E-state index >= 15 is 0 Å². The van der Waals surface area contributed by atoms with Crippen molar-refractivity contribution in [2.24, 2.45) is 0 Å². The number of rotatable bonds is 1. The molecule has 0 spiro atoms. The molecule has 0 radical (unpaired) electrons. The van der Waals surface area contributed by atoms with Crippen LogP contribution in [0.15, 0.2) is 30.5 Å². The quantitative estimate of drug-likeness (QED) is 0.844. The highest BCUT2D eigenvalue weighted by atomic mass is 35.5. The summed E-state index contributed by atoms with van der Waals surface area (Å²) in [5.74, 6) is -0.259. The van der Waals surface area contributed by atoms with E-state index in [0.29, 0.717) is 21.2 Å². The number of anilines is 1. The van der Waals surface area contributed by atoms with Crippen LogP contribution < -0.4 is 5.73 Å². The van der Waals surface area contributed by atoms with Crippen molar-refractivity contribution >= 4 is 29.0 Å². The topological polar surface area (TPSA) is 38.9 Å². The molecule has 16 heavy (non-hydrogen) atoms. The van der Waals surface area contributed by atoms with Gasteiger partial charge in [-0.2, -0.15) is 0 Å². The van der Waals surface area contributed by atoms with Crippen LogP contribution in [0.3, 0.4) is 0 Å². The fourth-order valence-electron chi connectivity index (χ4n) is 1.38. The molecule has 2 N–H and O–H groups in total. The lowest BCUT2D eigenvalue weighted by Gasteiger charge is -2.08. The van der Waals surface area contributed by atoms with E-state index < -0.39 is 5.82 Å². The second kappa shape index (κ2) is 4.28. The number of nitrogens with zero attached hydrogens (tertiary/aromatic N) is 1. The second-order valence-corrected chi connectivity index (χ2v) is 3.97. The fourth-order valence-corrected chi connectivity index (χ4v) is 1.78. The van der Waals surface area contributed by atoms with Gasteiger partial charge in [0.15, 0.2) is 0 Å². The first-order valence-corrected chi connectivity index (χ1v) is 5.20. The minimum Gasteiger partial charge on any atom is -0.383 e. The Morgan fingerprint density at radius 3 is 2.69 bits per heavy atom. The van der Waals surface area contributed by atoms with Crippen molar-refractivity contribution in [3.63, 3.8) is 0 Å².